The number of carbonyl (C=O) groups is 2. The number of methoxy groups -OCH3 is 1. The molecule has 18 heavy (non-hydrogen) atoms. The lowest BCUT2D eigenvalue weighted by atomic mass is 10.2. The molecular formula is C13H15NO4. The third kappa shape index (κ3) is 4.29. The second kappa shape index (κ2) is 6.44. The number of aliphatic carboxylic acids is 1. The predicted octanol–water partition coefficient (Wildman–Crippen LogP) is 1.30. The van der Waals surface area contributed by atoms with Crippen LogP contribution in [0.4, 0.5) is 0 Å². The SMILES string of the molecule is COc1ccc(/C=C/C(=O)N[C@@H](C)C(=O)O)cc1. The van der Waals surface area contributed by atoms with Crippen LogP contribution in [0.25, 0.3) is 6.08 Å². The van der Waals surface area contributed by atoms with E-state index in [1.54, 1.807) is 37.5 Å². The molecule has 5 nitrogen and oxygen atoms in total. The molecule has 0 aliphatic rings. The molecule has 5 heteroatoms. The van der Waals surface area contributed by atoms with Gasteiger partial charge in [-0.25, -0.2) is 0 Å². The average Bonchev–Trinajstić information content (AvgIpc) is 2.36. The number of carbonyl (C=O) groups excluding carboxylic acids is 1. The molecule has 0 saturated heterocycles. The summed E-state index contributed by atoms with van der Waals surface area (Å²) in [4.78, 5) is 21.9. The number of ether oxygens (including phenoxy) is 1. The Morgan fingerprint density at radius 1 is 1.33 bits per heavy atom. The first-order chi connectivity index (χ1) is 8.52. The molecule has 1 aromatic rings. The third-order valence-corrected chi connectivity index (χ3v) is 2.27. The van der Waals surface area contributed by atoms with Crippen molar-refractivity contribution in [2.24, 2.45) is 0 Å². The van der Waals surface area contributed by atoms with Crippen LogP contribution < -0.4 is 10.1 Å². The standard InChI is InChI=1S/C13H15NO4/c1-9(13(16)17)14-12(15)8-5-10-3-6-11(18-2)7-4-10/h3-9H,1-2H3,(H,14,15)(H,16,17)/b8-5+/t9-/m0/s1. The van der Waals surface area contributed by atoms with Gasteiger partial charge in [0.2, 0.25) is 5.91 Å². The molecule has 2 N–H and O–H groups in total. The molecule has 0 aromatic heterocycles. The van der Waals surface area contributed by atoms with Crippen molar-refractivity contribution in [2.75, 3.05) is 7.11 Å². The molecule has 0 spiro atoms. The van der Waals surface area contributed by atoms with E-state index in [9.17, 15) is 9.59 Å². The van der Waals surface area contributed by atoms with Gasteiger partial charge in [0, 0.05) is 6.08 Å². The number of amides is 1. The third-order valence-electron chi connectivity index (χ3n) is 2.27. The van der Waals surface area contributed by atoms with E-state index in [2.05, 4.69) is 5.32 Å². The fourth-order valence-corrected chi connectivity index (χ4v) is 1.21. The molecule has 0 fully saturated rings. The molecule has 96 valence electrons. The summed E-state index contributed by atoms with van der Waals surface area (Å²) in [7, 11) is 1.57. The molecule has 0 aliphatic heterocycles. The minimum Gasteiger partial charge on any atom is -0.497 e. The Hall–Kier alpha value is -2.30. The van der Waals surface area contributed by atoms with Gasteiger partial charge in [-0.3, -0.25) is 9.59 Å². The van der Waals surface area contributed by atoms with Crippen LogP contribution in [0.1, 0.15) is 12.5 Å². The van der Waals surface area contributed by atoms with Crippen molar-refractivity contribution in [3.8, 4) is 5.75 Å². The molecule has 0 heterocycles. The highest BCUT2D eigenvalue weighted by Crippen LogP contribution is 2.12. The van der Waals surface area contributed by atoms with Crippen molar-refractivity contribution in [3.63, 3.8) is 0 Å². The lowest BCUT2D eigenvalue weighted by Crippen LogP contribution is -2.37. The second-order valence-corrected chi connectivity index (χ2v) is 3.68. The van der Waals surface area contributed by atoms with Gasteiger partial charge in [0.25, 0.3) is 0 Å². The summed E-state index contributed by atoms with van der Waals surface area (Å²) in [6.07, 6.45) is 2.89. The number of carboxylic acid groups (broad SMARTS) is 1. The summed E-state index contributed by atoms with van der Waals surface area (Å²) < 4.78 is 5.01. The van der Waals surface area contributed by atoms with Gasteiger partial charge in [-0.1, -0.05) is 12.1 Å². The van der Waals surface area contributed by atoms with E-state index in [0.717, 1.165) is 11.3 Å². The van der Waals surface area contributed by atoms with Gasteiger partial charge in [-0.15, -0.1) is 0 Å². The molecule has 0 unspecified atom stereocenters. The Morgan fingerprint density at radius 2 is 1.94 bits per heavy atom. The van der Waals surface area contributed by atoms with Crippen molar-refractivity contribution in [1.29, 1.82) is 0 Å². The number of nitrogens with one attached hydrogen (secondary N) is 1. The number of benzene rings is 1. The van der Waals surface area contributed by atoms with E-state index in [1.807, 2.05) is 0 Å². The summed E-state index contributed by atoms with van der Waals surface area (Å²) in [5.74, 6) is -0.780. The summed E-state index contributed by atoms with van der Waals surface area (Å²) in [6, 6.07) is 6.24. The van der Waals surface area contributed by atoms with Crippen LogP contribution in [0.5, 0.6) is 5.75 Å². The van der Waals surface area contributed by atoms with E-state index in [1.165, 1.54) is 13.0 Å². The minimum absolute atomic E-state index is 0.444. The quantitative estimate of drug-likeness (QED) is 0.771. The van der Waals surface area contributed by atoms with Crippen LogP contribution >= 0.6 is 0 Å². The van der Waals surface area contributed by atoms with Crippen LogP contribution in [-0.4, -0.2) is 30.1 Å². The van der Waals surface area contributed by atoms with E-state index >= 15 is 0 Å². The lowest BCUT2D eigenvalue weighted by molar-refractivity contribution is -0.140. The molecule has 0 radical (unpaired) electrons. The Labute approximate surface area is 105 Å². The smallest absolute Gasteiger partial charge is 0.325 e. The highest BCUT2D eigenvalue weighted by atomic mass is 16.5. The zero-order valence-electron chi connectivity index (χ0n) is 10.2. The summed E-state index contributed by atoms with van der Waals surface area (Å²) >= 11 is 0. The maximum atomic E-state index is 11.4. The van der Waals surface area contributed by atoms with Crippen LogP contribution in [0.15, 0.2) is 30.3 Å². The van der Waals surface area contributed by atoms with Gasteiger partial charge in [0.1, 0.15) is 11.8 Å². The minimum atomic E-state index is -1.07. The highest BCUT2D eigenvalue weighted by Gasteiger charge is 2.11. The van der Waals surface area contributed by atoms with E-state index < -0.39 is 17.9 Å². The van der Waals surface area contributed by atoms with Crippen molar-refractivity contribution < 1.29 is 19.4 Å². The zero-order chi connectivity index (χ0) is 13.5. The summed E-state index contributed by atoms with van der Waals surface area (Å²) in [5, 5.41) is 10.9. The van der Waals surface area contributed by atoms with Crippen LogP contribution in [0.3, 0.4) is 0 Å². The Kier molecular flexibility index (Phi) is 4.92. The first-order valence-corrected chi connectivity index (χ1v) is 5.38. The Morgan fingerprint density at radius 3 is 2.44 bits per heavy atom. The topological polar surface area (TPSA) is 75.6 Å². The number of hydrogen-bond donors (Lipinski definition) is 2. The molecule has 1 atom stereocenters. The van der Waals surface area contributed by atoms with Crippen molar-refractivity contribution in [1.82, 2.24) is 5.32 Å². The van der Waals surface area contributed by atoms with E-state index in [4.69, 9.17) is 9.84 Å². The Bertz CT molecular complexity index is 451. The molecule has 1 amide bonds. The largest absolute Gasteiger partial charge is 0.497 e. The monoisotopic (exact) mass is 249 g/mol. The maximum absolute atomic E-state index is 11.4. The summed E-state index contributed by atoms with van der Waals surface area (Å²) in [5.41, 5.74) is 0.828. The first-order valence-electron chi connectivity index (χ1n) is 5.38. The maximum Gasteiger partial charge on any atom is 0.325 e. The normalized spacial score (nSPS) is 12.1. The van der Waals surface area contributed by atoms with Gasteiger partial charge in [-0.2, -0.15) is 0 Å². The zero-order valence-corrected chi connectivity index (χ0v) is 10.2. The first kappa shape index (κ1) is 13.8. The van der Waals surface area contributed by atoms with Gasteiger partial charge < -0.3 is 15.2 Å². The van der Waals surface area contributed by atoms with Gasteiger partial charge in [-0.05, 0) is 30.7 Å². The Balaban J connectivity index is 2.57. The summed E-state index contributed by atoms with van der Waals surface area (Å²) in [6.45, 7) is 1.40. The second-order valence-electron chi connectivity index (χ2n) is 3.68. The molecule has 1 aromatic carbocycles. The molecule has 1 rings (SSSR count). The molecule has 0 saturated carbocycles. The van der Waals surface area contributed by atoms with Crippen LogP contribution in [0, 0.1) is 0 Å². The van der Waals surface area contributed by atoms with Crippen molar-refractivity contribution >= 4 is 18.0 Å². The van der Waals surface area contributed by atoms with Crippen LogP contribution in [-0.2, 0) is 9.59 Å². The van der Waals surface area contributed by atoms with Crippen molar-refractivity contribution in [2.45, 2.75) is 13.0 Å². The van der Waals surface area contributed by atoms with Crippen molar-refractivity contribution in [3.05, 3.63) is 35.9 Å². The van der Waals surface area contributed by atoms with Crippen LogP contribution in [0.2, 0.25) is 0 Å². The van der Waals surface area contributed by atoms with Gasteiger partial charge in [0.15, 0.2) is 0 Å². The molecular weight excluding hydrogens is 234 g/mol. The highest BCUT2D eigenvalue weighted by molar-refractivity contribution is 5.94. The fourth-order valence-electron chi connectivity index (χ4n) is 1.21. The van der Waals surface area contributed by atoms with Gasteiger partial charge in [0.05, 0.1) is 7.11 Å². The molecule has 0 bridgehead atoms. The van der Waals surface area contributed by atoms with Gasteiger partial charge >= 0.3 is 5.97 Å². The number of rotatable bonds is 5. The molecule has 0 aliphatic carbocycles. The lowest BCUT2D eigenvalue weighted by Gasteiger charge is -2.05. The average molecular weight is 249 g/mol. The number of hydrogen-bond acceptors (Lipinski definition) is 3. The number of carboxylic acids is 1. The predicted molar refractivity (Wildman–Crippen MR) is 67.3 cm³/mol. The van der Waals surface area contributed by atoms with E-state index in [-0.39, 0.29) is 0 Å². The fraction of sp³-hybridized carbons (Fsp3) is 0.231. The van der Waals surface area contributed by atoms with E-state index in [0.29, 0.717) is 0 Å².